The number of halogens is 1. The highest BCUT2D eigenvalue weighted by Crippen LogP contribution is 2.24. The van der Waals surface area contributed by atoms with Crippen molar-refractivity contribution in [3.8, 4) is 17.1 Å². The van der Waals surface area contributed by atoms with E-state index in [2.05, 4.69) is 31.3 Å². The maximum atomic E-state index is 12.8. The lowest BCUT2D eigenvalue weighted by Gasteiger charge is -2.07. The van der Waals surface area contributed by atoms with Crippen molar-refractivity contribution in [2.75, 3.05) is 5.32 Å². The molecule has 4 rings (SSSR count). The fourth-order valence-electron chi connectivity index (χ4n) is 3.04. The first-order valence-electron chi connectivity index (χ1n) is 9.18. The van der Waals surface area contributed by atoms with Crippen LogP contribution in [0.4, 0.5) is 5.69 Å². The minimum absolute atomic E-state index is 0.117. The number of aromatic nitrogens is 3. The Morgan fingerprint density at radius 3 is 2.31 bits per heavy atom. The molecule has 0 saturated heterocycles. The first kappa shape index (κ1) is 19.1. The molecule has 1 aromatic heterocycles. The molecule has 0 spiro atoms. The second-order valence-corrected chi connectivity index (χ2v) is 7.76. The van der Waals surface area contributed by atoms with Crippen LogP contribution in [0.25, 0.3) is 17.1 Å². The third kappa shape index (κ3) is 4.27. The Kier molecular flexibility index (Phi) is 5.27. The van der Waals surface area contributed by atoms with E-state index in [0.717, 1.165) is 26.9 Å². The Hall–Kier alpha value is -3.25. The zero-order chi connectivity index (χ0) is 20.4. The molecular weight excluding hydrogens is 428 g/mol. The lowest BCUT2D eigenvalue weighted by Crippen LogP contribution is -2.14. The second-order valence-electron chi connectivity index (χ2n) is 6.84. The molecule has 1 heterocycles. The van der Waals surface area contributed by atoms with Crippen LogP contribution in [0.1, 0.15) is 21.7 Å². The summed E-state index contributed by atoms with van der Waals surface area (Å²) in [6.07, 6.45) is 0. The van der Waals surface area contributed by atoms with E-state index in [1.807, 2.05) is 86.6 Å². The fourth-order valence-corrected chi connectivity index (χ4v) is 3.31. The van der Waals surface area contributed by atoms with Gasteiger partial charge >= 0.3 is 0 Å². The molecule has 0 fully saturated rings. The van der Waals surface area contributed by atoms with Gasteiger partial charge in [-0.2, -0.15) is 0 Å². The molecule has 0 aliphatic heterocycles. The van der Waals surface area contributed by atoms with Gasteiger partial charge in [-0.3, -0.25) is 4.79 Å². The Bertz CT molecular complexity index is 1180. The van der Waals surface area contributed by atoms with E-state index in [1.165, 1.54) is 0 Å². The number of rotatable bonds is 4. The maximum absolute atomic E-state index is 12.8. The van der Waals surface area contributed by atoms with E-state index in [-0.39, 0.29) is 11.7 Å². The monoisotopic (exact) mass is 446 g/mol. The summed E-state index contributed by atoms with van der Waals surface area (Å²) in [6.45, 7) is 4.00. The summed E-state index contributed by atoms with van der Waals surface area (Å²) in [5.41, 5.74) is 4.61. The lowest BCUT2D eigenvalue weighted by molar-refractivity contribution is 0.101. The van der Waals surface area contributed by atoms with Gasteiger partial charge in [0.2, 0.25) is 5.82 Å². The first-order valence-corrected chi connectivity index (χ1v) is 9.97. The molecule has 6 heteroatoms. The van der Waals surface area contributed by atoms with Crippen LogP contribution in [0.5, 0.6) is 0 Å². The molecule has 0 aliphatic carbocycles. The number of benzene rings is 3. The highest BCUT2D eigenvalue weighted by atomic mass is 79.9. The number of hydrogen-bond donors (Lipinski definition) is 1. The molecule has 0 bridgehead atoms. The van der Waals surface area contributed by atoms with E-state index >= 15 is 0 Å². The number of nitrogens with one attached hydrogen (secondary N) is 1. The van der Waals surface area contributed by atoms with Crippen LogP contribution in [0, 0.1) is 13.8 Å². The number of aryl methyl sites for hydroxylation is 2. The minimum Gasteiger partial charge on any atom is -0.319 e. The summed E-state index contributed by atoms with van der Waals surface area (Å²) in [5.74, 6) is 0.379. The van der Waals surface area contributed by atoms with Crippen LogP contribution in [0.2, 0.25) is 0 Å². The van der Waals surface area contributed by atoms with E-state index in [9.17, 15) is 4.79 Å². The quantitative estimate of drug-likeness (QED) is 0.445. The van der Waals surface area contributed by atoms with E-state index in [4.69, 9.17) is 0 Å². The number of anilines is 1. The van der Waals surface area contributed by atoms with Crippen molar-refractivity contribution in [1.82, 2.24) is 14.8 Å². The van der Waals surface area contributed by atoms with Gasteiger partial charge < -0.3 is 5.32 Å². The molecule has 29 heavy (non-hydrogen) atoms. The lowest BCUT2D eigenvalue weighted by atomic mass is 10.2. The molecule has 1 amide bonds. The number of carbonyl (C=O) groups excluding carboxylic acids is 1. The minimum atomic E-state index is -0.347. The largest absolute Gasteiger partial charge is 0.319 e. The summed E-state index contributed by atoms with van der Waals surface area (Å²) in [5, 5.41) is 7.40. The Morgan fingerprint density at radius 1 is 0.931 bits per heavy atom. The van der Waals surface area contributed by atoms with Crippen molar-refractivity contribution in [3.05, 3.63) is 94.2 Å². The van der Waals surface area contributed by atoms with E-state index in [0.29, 0.717) is 11.5 Å². The van der Waals surface area contributed by atoms with Gasteiger partial charge in [-0.15, -0.1) is 5.10 Å². The molecule has 5 nitrogen and oxygen atoms in total. The molecule has 144 valence electrons. The van der Waals surface area contributed by atoms with Gasteiger partial charge in [0, 0.05) is 15.7 Å². The number of carbonyl (C=O) groups is 1. The van der Waals surface area contributed by atoms with Gasteiger partial charge in [0.1, 0.15) is 0 Å². The molecule has 0 aliphatic rings. The predicted octanol–water partition coefficient (Wildman–Crippen LogP) is 5.57. The van der Waals surface area contributed by atoms with Crippen LogP contribution in [0.15, 0.2) is 77.3 Å². The maximum Gasteiger partial charge on any atom is 0.295 e. The average Bonchev–Trinajstić information content (AvgIpc) is 3.14. The van der Waals surface area contributed by atoms with Crippen molar-refractivity contribution in [3.63, 3.8) is 0 Å². The van der Waals surface area contributed by atoms with Crippen molar-refractivity contribution in [1.29, 1.82) is 0 Å². The van der Waals surface area contributed by atoms with Crippen molar-refractivity contribution >= 4 is 27.5 Å². The Morgan fingerprint density at radius 2 is 1.62 bits per heavy atom. The summed E-state index contributed by atoms with van der Waals surface area (Å²) in [6, 6.07) is 23.4. The summed E-state index contributed by atoms with van der Waals surface area (Å²) in [4.78, 5) is 17.4. The van der Waals surface area contributed by atoms with Gasteiger partial charge in [0.15, 0.2) is 5.82 Å². The van der Waals surface area contributed by atoms with Crippen LogP contribution < -0.4 is 5.32 Å². The van der Waals surface area contributed by atoms with Crippen molar-refractivity contribution in [2.24, 2.45) is 0 Å². The summed E-state index contributed by atoms with van der Waals surface area (Å²) < 4.78 is 2.68. The summed E-state index contributed by atoms with van der Waals surface area (Å²) in [7, 11) is 0. The molecule has 0 unspecified atom stereocenters. The third-order valence-electron chi connectivity index (χ3n) is 4.43. The van der Waals surface area contributed by atoms with Gasteiger partial charge in [0.25, 0.3) is 5.91 Å². The zero-order valence-electron chi connectivity index (χ0n) is 16.1. The highest BCUT2D eigenvalue weighted by molar-refractivity contribution is 9.10. The van der Waals surface area contributed by atoms with Gasteiger partial charge in [-0.05, 0) is 61.4 Å². The van der Waals surface area contributed by atoms with Gasteiger partial charge in [0.05, 0.1) is 5.69 Å². The Balaban J connectivity index is 1.76. The van der Waals surface area contributed by atoms with Gasteiger partial charge in [-0.1, -0.05) is 52.3 Å². The molecule has 4 aromatic rings. The van der Waals surface area contributed by atoms with E-state index in [1.54, 1.807) is 4.68 Å². The van der Waals surface area contributed by atoms with Crippen LogP contribution in [0.3, 0.4) is 0 Å². The smallest absolute Gasteiger partial charge is 0.295 e. The summed E-state index contributed by atoms with van der Waals surface area (Å²) >= 11 is 3.46. The first-order chi connectivity index (χ1) is 14.0. The van der Waals surface area contributed by atoms with Crippen LogP contribution in [-0.2, 0) is 0 Å². The topological polar surface area (TPSA) is 59.8 Å². The highest BCUT2D eigenvalue weighted by Gasteiger charge is 2.19. The van der Waals surface area contributed by atoms with Crippen molar-refractivity contribution < 1.29 is 4.79 Å². The van der Waals surface area contributed by atoms with Crippen molar-refractivity contribution in [2.45, 2.75) is 13.8 Å². The standard InChI is InChI=1S/C23H19BrN4O/c1-15-5-3-7-19(13-15)25-23(29)21-26-22(17-9-11-18(24)12-10-17)28(27-21)20-8-4-6-16(2)14-20/h3-14H,1-2H3,(H,25,29). The molecule has 3 aromatic carbocycles. The number of hydrogen-bond acceptors (Lipinski definition) is 3. The number of amides is 1. The molecule has 0 atom stereocenters. The molecular formula is C23H19BrN4O. The molecule has 0 saturated carbocycles. The number of nitrogens with zero attached hydrogens (tertiary/aromatic N) is 3. The average molecular weight is 447 g/mol. The fraction of sp³-hybridized carbons (Fsp3) is 0.0870. The normalized spacial score (nSPS) is 10.7. The van der Waals surface area contributed by atoms with E-state index < -0.39 is 0 Å². The molecule has 1 N–H and O–H groups in total. The Labute approximate surface area is 177 Å². The zero-order valence-corrected chi connectivity index (χ0v) is 17.6. The SMILES string of the molecule is Cc1cccc(NC(=O)c2nc(-c3ccc(Br)cc3)n(-c3cccc(C)c3)n2)c1. The van der Waals surface area contributed by atoms with Crippen LogP contribution >= 0.6 is 15.9 Å². The van der Waals surface area contributed by atoms with Gasteiger partial charge in [-0.25, -0.2) is 9.67 Å². The molecule has 0 radical (unpaired) electrons. The predicted molar refractivity (Wildman–Crippen MR) is 118 cm³/mol. The third-order valence-corrected chi connectivity index (χ3v) is 4.96. The van der Waals surface area contributed by atoms with Crippen LogP contribution in [-0.4, -0.2) is 20.7 Å². The second kappa shape index (κ2) is 8.01.